The zero-order chi connectivity index (χ0) is 32.7. The van der Waals surface area contributed by atoms with Crippen molar-refractivity contribution in [3.8, 4) is 16.9 Å². The molecule has 0 aliphatic heterocycles. The molecule has 2 aromatic carbocycles. The van der Waals surface area contributed by atoms with Crippen LogP contribution in [0, 0.1) is 12.1 Å². The number of carbonyl (C=O) groups excluding carboxylic acids is 2. The second kappa shape index (κ2) is 14.1. The van der Waals surface area contributed by atoms with Crippen LogP contribution in [0.2, 0.25) is 0 Å². The Kier molecular flexibility index (Phi) is 10.8. The van der Waals surface area contributed by atoms with E-state index >= 15 is 0 Å². The second-order valence-corrected chi connectivity index (χ2v) is 10.8. The number of alkyl halides is 3. The Morgan fingerprint density at radius 3 is 2.39 bits per heavy atom. The summed E-state index contributed by atoms with van der Waals surface area (Å²) in [5.74, 6) is -0.960. The number of aryl methyl sites for hydroxylation is 1. The Hall–Kier alpha value is -4.87. The van der Waals surface area contributed by atoms with Gasteiger partial charge in [-0.1, -0.05) is 29.8 Å². The normalized spacial score (nSPS) is 12.8. The number of nitrogens with one attached hydrogen (secondary N) is 1. The molecule has 1 amide bonds. The minimum absolute atomic E-state index is 0.0458. The summed E-state index contributed by atoms with van der Waals surface area (Å²) in [5, 5.41) is 19.7. The predicted octanol–water partition coefficient (Wildman–Crippen LogP) is 4.32. The third kappa shape index (κ3) is 9.06. The predicted molar refractivity (Wildman–Crippen MR) is 146 cm³/mol. The molecule has 0 fully saturated rings. The standard InChI is InChI=1S/C26H29F3N6O8S/c1-5-41-25(37)42-18(3)43-32-35(38)33(4)15-14-24(36)31-44(39,40)21-12-10-20(11-13-21)34-22(16-23(30-34)26(27,28)29)19-8-6-17(2)7-9-19/h6-13,16,18H,5,14-15H2,1-4H3,(H,31,36)/b35-32-. The molecule has 1 N–H and O–H groups in total. The largest absolute Gasteiger partial charge is 0.569 e. The maximum atomic E-state index is 13.5. The minimum atomic E-state index is -4.71. The van der Waals surface area contributed by atoms with Gasteiger partial charge in [0.25, 0.3) is 16.3 Å². The minimum Gasteiger partial charge on any atom is -0.569 e. The molecule has 0 saturated carbocycles. The highest BCUT2D eigenvalue weighted by Gasteiger charge is 2.35. The summed E-state index contributed by atoms with van der Waals surface area (Å²) in [7, 11) is -3.14. The number of nitrogens with zero attached hydrogens (tertiary/aromatic N) is 5. The van der Waals surface area contributed by atoms with Crippen molar-refractivity contribution in [1.29, 1.82) is 0 Å². The van der Waals surface area contributed by atoms with Gasteiger partial charge in [0.2, 0.25) is 11.2 Å². The number of sulfonamides is 1. The van der Waals surface area contributed by atoms with Gasteiger partial charge in [0, 0.05) is 12.5 Å². The van der Waals surface area contributed by atoms with E-state index in [1.165, 1.54) is 26.1 Å². The average Bonchev–Trinajstić information content (AvgIpc) is 3.41. The molecule has 0 radical (unpaired) electrons. The Morgan fingerprint density at radius 2 is 1.80 bits per heavy atom. The van der Waals surface area contributed by atoms with Gasteiger partial charge in [0.15, 0.2) is 5.69 Å². The van der Waals surface area contributed by atoms with Crippen LogP contribution in [0.5, 0.6) is 0 Å². The van der Waals surface area contributed by atoms with Gasteiger partial charge in [0.1, 0.15) is 0 Å². The maximum absolute atomic E-state index is 13.5. The van der Waals surface area contributed by atoms with E-state index in [9.17, 15) is 36.4 Å². The van der Waals surface area contributed by atoms with Crippen LogP contribution in [0.3, 0.4) is 0 Å². The van der Waals surface area contributed by atoms with Crippen LogP contribution in [0.15, 0.2) is 64.8 Å². The summed E-state index contributed by atoms with van der Waals surface area (Å²) >= 11 is 0. The zero-order valence-corrected chi connectivity index (χ0v) is 24.8. The van der Waals surface area contributed by atoms with Crippen molar-refractivity contribution in [3.63, 3.8) is 0 Å². The third-order valence-corrected chi connectivity index (χ3v) is 7.12. The number of rotatable bonds is 12. The van der Waals surface area contributed by atoms with Crippen LogP contribution in [0.4, 0.5) is 18.0 Å². The van der Waals surface area contributed by atoms with Crippen molar-refractivity contribution in [2.75, 3.05) is 20.2 Å². The summed E-state index contributed by atoms with van der Waals surface area (Å²) in [6, 6.07) is 12.4. The van der Waals surface area contributed by atoms with Crippen molar-refractivity contribution in [2.45, 2.75) is 44.6 Å². The van der Waals surface area contributed by atoms with Gasteiger partial charge in [-0.25, -0.2) is 22.6 Å². The molecule has 14 nitrogen and oxygen atoms in total. The van der Waals surface area contributed by atoms with Crippen molar-refractivity contribution in [3.05, 3.63) is 71.1 Å². The number of hydrogen-bond donors (Lipinski definition) is 1. The van der Waals surface area contributed by atoms with E-state index in [-0.39, 0.29) is 34.4 Å². The van der Waals surface area contributed by atoms with Crippen LogP contribution >= 0.6 is 0 Å². The summed E-state index contributed by atoms with van der Waals surface area (Å²) in [6.45, 7) is 4.45. The van der Waals surface area contributed by atoms with Crippen LogP contribution in [-0.2, 0) is 35.3 Å². The number of hydrazine groups is 1. The SMILES string of the molecule is CCOC(=O)OC(C)O/N=[N+](\[O-])N(C)CCC(=O)NS(=O)(=O)c1ccc(-n2nc(C(F)(F)F)cc2-c2ccc(C)cc2)cc1. The first kappa shape index (κ1) is 33.6. The first-order chi connectivity index (χ1) is 20.6. The first-order valence-corrected chi connectivity index (χ1v) is 14.4. The lowest BCUT2D eigenvalue weighted by atomic mass is 10.1. The number of halogens is 3. The zero-order valence-electron chi connectivity index (χ0n) is 23.9. The Bertz CT molecular complexity index is 1590. The maximum Gasteiger partial charge on any atom is 0.511 e. The molecule has 0 bridgehead atoms. The van der Waals surface area contributed by atoms with Crippen molar-refractivity contribution >= 4 is 22.1 Å². The lowest BCUT2D eigenvalue weighted by molar-refractivity contribution is -0.707. The summed E-state index contributed by atoms with van der Waals surface area (Å²) in [5.41, 5.74) is 0.518. The first-order valence-electron chi connectivity index (χ1n) is 12.9. The number of amides is 1. The quantitative estimate of drug-likeness (QED) is 0.0988. The number of ether oxygens (including phenoxy) is 2. The highest BCUT2D eigenvalue weighted by atomic mass is 32.2. The van der Waals surface area contributed by atoms with Crippen LogP contribution in [0.1, 0.15) is 31.5 Å². The topological polar surface area (TPSA) is 167 Å². The number of aromatic nitrogens is 2. The van der Waals surface area contributed by atoms with Gasteiger partial charge < -0.3 is 14.7 Å². The molecule has 18 heteroatoms. The highest BCUT2D eigenvalue weighted by Crippen LogP contribution is 2.33. The van der Waals surface area contributed by atoms with Crippen molar-refractivity contribution < 1.29 is 50.5 Å². The molecule has 1 heterocycles. The molecule has 0 aliphatic carbocycles. The van der Waals surface area contributed by atoms with Gasteiger partial charge in [-0.2, -0.15) is 18.3 Å². The molecule has 44 heavy (non-hydrogen) atoms. The Balaban J connectivity index is 1.66. The lowest BCUT2D eigenvalue weighted by Crippen LogP contribution is -2.35. The van der Waals surface area contributed by atoms with E-state index in [1.54, 1.807) is 31.2 Å². The third-order valence-electron chi connectivity index (χ3n) is 5.73. The molecule has 0 aliphatic rings. The number of benzene rings is 2. The molecular weight excluding hydrogens is 613 g/mol. The van der Waals surface area contributed by atoms with E-state index in [4.69, 9.17) is 4.84 Å². The molecule has 1 aromatic heterocycles. The second-order valence-electron chi connectivity index (χ2n) is 9.15. The summed E-state index contributed by atoms with van der Waals surface area (Å²) in [6.07, 6.45) is -7.46. The van der Waals surface area contributed by atoms with Crippen LogP contribution < -0.4 is 4.72 Å². The fourth-order valence-corrected chi connectivity index (χ4v) is 4.51. The van der Waals surface area contributed by atoms with E-state index < -0.39 is 46.7 Å². The fourth-order valence-electron chi connectivity index (χ4n) is 3.50. The van der Waals surface area contributed by atoms with Crippen LogP contribution in [-0.4, -0.2) is 66.7 Å². The molecule has 1 unspecified atom stereocenters. The Labute approximate surface area is 250 Å². The van der Waals surface area contributed by atoms with Gasteiger partial charge >= 0.3 is 12.3 Å². The van der Waals surface area contributed by atoms with Crippen LogP contribution in [0.25, 0.3) is 16.9 Å². The summed E-state index contributed by atoms with van der Waals surface area (Å²) < 4.78 is 78.0. The molecule has 3 rings (SSSR count). The fraction of sp³-hybridized carbons (Fsp3) is 0.346. The Morgan fingerprint density at radius 1 is 1.16 bits per heavy atom. The molecule has 0 spiro atoms. The number of carbonyl (C=O) groups is 2. The molecule has 3 aromatic rings. The molecular formula is C26H29F3N6O8S. The van der Waals surface area contributed by atoms with Gasteiger partial charge in [0.05, 0.1) is 47.9 Å². The van der Waals surface area contributed by atoms with Gasteiger partial charge in [-0.15, -0.1) is 5.01 Å². The highest BCUT2D eigenvalue weighted by molar-refractivity contribution is 7.90. The summed E-state index contributed by atoms with van der Waals surface area (Å²) in [4.78, 5) is 27.9. The molecule has 0 saturated heterocycles. The van der Waals surface area contributed by atoms with Crippen molar-refractivity contribution in [2.24, 2.45) is 5.28 Å². The van der Waals surface area contributed by atoms with E-state index in [1.807, 2.05) is 11.6 Å². The molecule has 1 atom stereocenters. The van der Waals surface area contributed by atoms with E-state index in [0.29, 0.717) is 5.56 Å². The van der Waals surface area contributed by atoms with E-state index in [2.05, 4.69) is 19.8 Å². The smallest absolute Gasteiger partial charge is 0.511 e. The average molecular weight is 643 g/mol. The number of hydrogen-bond acceptors (Lipinski definition) is 10. The van der Waals surface area contributed by atoms with Gasteiger partial charge in [-0.3, -0.25) is 9.63 Å². The van der Waals surface area contributed by atoms with E-state index in [0.717, 1.165) is 33.5 Å². The van der Waals surface area contributed by atoms with Crippen molar-refractivity contribution in [1.82, 2.24) is 19.5 Å². The monoisotopic (exact) mass is 642 g/mol. The van der Waals surface area contributed by atoms with Gasteiger partial charge in [-0.05, 0) is 44.2 Å². The lowest BCUT2D eigenvalue weighted by Gasteiger charge is -2.14. The molecule has 238 valence electrons.